The predicted octanol–water partition coefficient (Wildman–Crippen LogP) is 3.23. The van der Waals surface area contributed by atoms with Gasteiger partial charge < -0.3 is 20.1 Å². The number of aryl methyl sites for hydroxylation is 1. The molecule has 8 heteroatoms. The highest BCUT2D eigenvalue weighted by molar-refractivity contribution is 5.98. The highest BCUT2D eigenvalue weighted by atomic mass is 16.2. The number of rotatable bonds is 9. The summed E-state index contributed by atoms with van der Waals surface area (Å²) in [7, 11) is 3.31. The SMILES string of the molecule is CC1=C(NCCC(C)C)CC=C(C#N)C1(C)Cn1c(C)nc(NC=O)c1C(=O)N(C)C. The van der Waals surface area contributed by atoms with Crippen LogP contribution in [0.5, 0.6) is 0 Å². The molecule has 0 aliphatic heterocycles. The van der Waals surface area contributed by atoms with Crippen molar-refractivity contribution in [2.45, 2.75) is 54.0 Å². The van der Waals surface area contributed by atoms with Crippen molar-refractivity contribution in [2.24, 2.45) is 11.3 Å². The Morgan fingerprint density at radius 2 is 2.10 bits per heavy atom. The number of carbonyl (C=O) groups is 2. The fourth-order valence-corrected chi connectivity index (χ4v) is 3.87. The molecule has 1 aromatic heterocycles. The highest BCUT2D eigenvalue weighted by Gasteiger charge is 2.38. The minimum atomic E-state index is -0.613. The van der Waals surface area contributed by atoms with Crippen LogP contribution < -0.4 is 10.6 Å². The third-order valence-corrected chi connectivity index (χ3v) is 6.00. The van der Waals surface area contributed by atoms with Gasteiger partial charge in [0.05, 0.1) is 6.07 Å². The van der Waals surface area contributed by atoms with Crippen LogP contribution in [0.15, 0.2) is 22.9 Å². The van der Waals surface area contributed by atoms with E-state index in [0.29, 0.717) is 42.4 Å². The molecule has 1 aliphatic rings. The number of imidazole rings is 1. The third kappa shape index (κ3) is 4.98. The molecule has 1 atom stereocenters. The summed E-state index contributed by atoms with van der Waals surface area (Å²) in [6, 6.07) is 2.36. The Bertz CT molecular complexity index is 948. The molecule has 2 amide bonds. The van der Waals surface area contributed by atoms with E-state index in [1.807, 2.05) is 19.9 Å². The third-order valence-electron chi connectivity index (χ3n) is 6.00. The van der Waals surface area contributed by atoms with Crippen LogP contribution in [0.3, 0.4) is 0 Å². The first-order chi connectivity index (χ1) is 14.6. The zero-order chi connectivity index (χ0) is 23.3. The molecule has 2 rings (SSSR count). The summed E-state index contributed by atoms with van der Waals surface area (Å²) in [4.78, 5) is 29.9. The largest absolute Gasteiger partial charge is 0.388 e. The second kappa shape index (κ2) is 9.82. The first-order valence-corrected chi connectivity index (χ1v) is 10.6. The number of nitrogens with one attached hydrogen (secondary N) is 2. The topological polar surface area (TPSA) is 103 Å². The molecular formula is C23H34N6O2. The molecule has 0 aromatic carbocycles. The van der Waals surface area contributed by atoms with E-state index in [4.69, 9.17) is 0 Å². The normalized spacial score (nSPS) is 18.5. The van der Waals surface area contributed by atoms with Crippen LogP contribution in [-0.4, -0.2) is 47.4 Å². The van der Waals surface area contributed by atoms with Gasteiger partial charge in [0.15, 0.2) is 11.5 Å². The zero-order valence-electron chi connectivity index (χ0n) is 19.7. The highest BCUT2D eigenvalue weighted by Crippen LogP contribution is 2.43. The maximum Gasteiger partial charge on any atom is 0.273 e. The average Bonchev–Trinajstić information content (AvgIpc) is 2.99. The number of hydrogen-bond donors (Lipinski definition) is 2. The molecule has 2 N–H and O–H groups in total. The van der Waals surface area contributed by atoms with Crippen molar-refractivity contribution >= 4 is 18.1 Å². The van der Waals surface area contributed by atoms with Gasteiger partial charge >= 0.3 is 0 Å². The van der Waals surface area contributed by atoms with E-state index in [0.717, 1.165) is 24.2 Å². The van der Waals surface area contributed by atoms with Crippen LogP contribution in [0.1, 0.15) is 56.8 Å². The molecule has 1 aromatic rings. The summed E-state index contributed by atoms with van der Waals surface area (Å²) in [5, 5.41) is 16.0. The van der Waals surface area contributed by atoms with Crippen molar-refractivity contribution < 1.29 is 9.59 Å². The van der Waals surface area contributed by atoms with Crippen molar-refractivity contribution in [3.05, 3.63) is 34.4 Å². The Kier molecular flexibility index (Phi) is 7.66. The lowest BCUT2D eigenvalue weighted by atomic mass is 9.71. The Balaban J connectivity index is 2.53. The number of anilines is 1. The van der Waals surface area contributed by atoms with Gasteiger partial charge in [-0.25, -0.2) is 4.98 Å². The van der Waals surface area contributed by atoms with Gasteiger partial charge in [-0.2, -0.15) is 5.26 Å². The fraction of sp³-hybridized carbons (Fsp3) is 0.565. The molecule has 1 heterocycles. The summed E-state index contributed by atoms with van der Waals surface area (Å²) in [5.41, 5.74) is 2.56. The molecule has 8 nitrogen and oxygen atoms in total. The lowest BCUT2D eigenvalue weighted by molar-refractivity contribution is -0.105. The monoisotopic (exact) mass is 426 g/mol. The van der Waals surface area contributed by atoms with E-state index in [1.165, 1.54) is 4.90 Å². The van der Waals surface area contributed by atoms with Gasteiger partial charge in [0.2, 0.25) is 6.41 Å². The van der Waals surface area contributed by atoms with Crippen molar-refractivity contribution in [3.8, 4) is 6.07 Å². The summed E-state index contributed by atoms with van der Waals surface area (Å²) >= 11 is 0. The molecule has 0 bridgehead atoms. The lowest BCUT2D eigenvalue weighted by Crippen LogP contribution is -2.35. The maximum atomic E-state index is 12.9. The smallest absolute Gasteiger partial charge is 0.273 e. The molecule has 31 heavy (non-hydrogen) atoms. The second-order valence-electron chi connectivity index (χ2n) is 8.88. The van der Waals surface area contributed by atoms with Crippen LogP contribution in [0, 0.1) is 29.6 Å². The first-order valence-electron chi connectivity index (χ1n) is 10.6. The second-order valence-corrected chi connectivity index (χ2v) is 8.88. The minimum absolute atomic E-state index is 0.227. The quantitative estimate of drug-likeness (QED) is 0.590. The number of nitrogens with zero attached hydrogens (tertiary/aromatic N) is 4. The summed E-state index contributed by atoms with van der Waals surface area (Å²) < 4.78 is 1.81. The Morgan fingerprint density at radius 3 is 2.65 bits per heavy atom. The molecule has 0 saturated heterocycles. The van der Waals surface area contributed by atoms with Gasteiger partial charge in [-0.15, -0.1) is 0 Å². The van der Waals surface area contributed by atoms with Crippen LogP contribution in [-0.2, 0) is 11.3 Å². The van der Waals surface area contributed by atoms with E-state index >= 15 is 0 Å². The van der Waals surface area contributed by atoms with Crippen LogP contribution >= 0.6 is 0 Å². The van der Waals surface area contributed by atoms with Gasteiger partial charge in [-0.05, 0) is 38.7 Å². The average molecular weight is 427 g/mol. The van der Waals surface area contributed by atoms with Gasteiger partial charge in [-0.3, -0.25) is 9.59 Å². The van der Waals surface area contributed by atoms with Crippen molar-refractivity contribution in [1.29, 1.82) is 5.26 Å². The summed E-state index contributed by atoms with van der Waals surface area (Å²) in [6.07, 6.45) is 4.23. The first kappa shape index (κ1) is 24.2. The van der Waals surface area contributed by atoms with Crippen LogP contribution in [0.2, 0.25) is 0 Å². The summed E-state index contributed by atoms with van der Waals surface area (Å²) in [6.45, 7) is 11.5. The van der Waals surface area contributed by atoms with Gasteiger partial charge in [-0.1, -0.05) is 19.9 Å². The van der Waals surface area contributed by atoms with Crippen LogP contribution in [0.25, 0.3) is 0 Å². The van der Waals surface area contributed by atoms with E-state index in [2.05, 4.69) is 35.5 Å². The summed E-state index contributed by atoms with van der Waals surface area (Å²) in [5.74, 6) is 1.17. The molecule has 0 spiro atoms. The van der Waals surface area contributed by atoms with Crippen molar-refractivity contribution in [2.75, 3.05) is 26.0 Å². The Labute approximate surface area is 185 Å². The van der Waals surface area contributed by atoms with Gasteiger partial charge in [0.25, 0.3) is 5.91 Å². The Hall–Kier alpha value is -3.08. The lowest BCUT2D eigenvalue weighted by Gasteiger charge is -2.37. The minimum Gasteiger partial charge on any atom is -0.388 e. The fourth-order valence-electron chi connectivity index (χ4n) is 3.87. The Morgan fingerprint density at radius 1 is 1.42 bits per heavy atom. The van der Waals surface area contributed by atoms with Crippen molar-refractivity contribution in [1.82, 2.24) is 19.8 Å². The predicted molar refractivity (Wildman–Crippen MR) is 121 cm³/mol. The molecule has 1 aliphatic carbocycles. The number of nitriles is 1. The molecule has 0 saturated carbocycles. The molecule has 0 fully saturated rings. The molecule has 168 valence electrons. The van der Waals surface area contributed by atoms with E-state index in [1.54, 1.807) is 25.6 Å². The van der Waals surface area contributed by atoms with E-state index in [-0.39, 0.29) is 11.7 Å². The van der Waals surface area contributed by atoms with Crippen LogP contribution in [0.4, 0.5) is 5.82 Å². The van der Waals surface area contributed by atoms with Gasteiger partial charge in [0.1, 0.15) is 5.82 Å². The van der Waals surface area contributed by atoms with Gasteiger partial charge in [0, 0.05) is 50.3 Å². The number of aromatic nitrogens is 2. The number of amides is 2. The van der Waals surface area contributed by atoms with E-state index in [9.17, 15) is 14.9 Å². The maximum absolute atomic E-state index is 12.9. The van der Waals surface area contributed by atoms with Crippen molar-refractivity contribution in [3.63, 3.8) is 0 Å². The van der Waals surface area contributed by atoms with E-state index < -0.39 is 5.41 Å². The zero-order valence-corrected chi connectivity index (χ0v) is 19.7. The standard InChI is InChI=1S/C23H34N6O2/c1-15(2)10-11-25-19-9-8-18(12-24)23(5,16(19)3)13-29-17(4)27-21(26-14-30)20(29)22(31)28(6)7/h8,14-15,25H,9-11,13H2,1-7H3,(H,26,30). The molecular weight excluding hydrogens is 392 g/mol. The number of carbonyl (C=O) groups excluding carboxylic acids is 2. The molecule has 1 unspecified atom stereocenters. The number of allylic oxidation sites excluding steroid dienone is 3. The number of hydrogen-bond acceptors (Lipinski definition) is 5. The molecule has 0 radical (unpaired) electrons.